The lowest BCUT2D eigenvalue weighted by Gasteiger charge is -2.31. The van der Waals surface area contributed by atoms with Gasteiger partial charge in [0.15, 0.2) is 9.84 Å². The molecule has 27 heavy (non-hydrogen) atoms. The van der Waals surface area contributed by atoms with E-state index in [1.54, 1.807) is 19.1 Å². The van der Waals surface area contributed by atoms with E-state index in [-0.39, 0.29) is 35.7 Å². The van der Waals surface area contributed by atoms with Gasteiger partial charge in [-0.2, -0.15) is 4.31 Å². The molecule has 0 aliphatic carbocycles. The average molecular weight is 412 g/mol. The van der Waals surface area contributed by atoms with Gasteiger partial charge in [-0.1, -0.05) is 12.1 Å². The van der Waals surface area contributed by atoms with Crippen molar-refractivity contribution >= 4 is 19.9 Å². The molecule has 0 spiro atoms. The quantitative estimate of drug-likeness (QED) is 0.725. The van der Waals surface area contributed by atoms with Crippen LogP contribution in [0.25, 0.3) is 0 Å². The largest absolute Gasteiger partial charge is 0.243 e. The van der Waals surface area contributed by atoms with Crippen LogP contribution in [0.1, 0.15) is 24.0 Å². The Morgan fingerprint density at radius 3 is 2.11 bits per heavy atom. The van der Waals surface area contributed by atoms with Gasteiger partial charge in [0.2, 0.25) is 10.0 Å². The van der Waals surface area contributed by atoms with Crippen molar-refractivity contribution in [3.8, 4) is 0 Å². The summed E-state index contributed by atoms with van der Waals surface area (Å²) in [6, 6.07) is 10.0. The van der Waals surface area contributed by atoms with Crippen molar-refractivity contribution in [3.05, 3.63) is 59.4 Å². The molecule has 2 aromatic rings. The fourth-order valence-electron chi connectivity index (χ4n) is 3.32. The van der Waals surface area contributed by atoms with E-state index in [9.17, 15) is 21.2 Å². The molecule has 5 nitrogen and oxygen atoms in total. The molecule has 0 radical (unpaired) electrons. The van der Waals surface area contributed by atoms with Gasteiger partial charge in [0, 0.05) is 13.1 Å². The van der Waals surface area contributed by atoms with E-state index < -0.39 is 30.9 Å². The van der Waals surface area contributed by atoms with Gasteiger partial charge in [0.1, 0.15) is 5.82 Å². The second kappa shape index (κ2) is 7.33. The Labute approximate surface area is 159 Å². The molecule has 8 heteroatoms. The zero-order valence-corrected chi connectivity index (χ0v) is 16.9. The molecule has 146 valence electrons. The number of rotatable bonds is 4. The third-order valence-corrected chi connectivity index (χ3v) is 9.26. The number of nitrogens with zero attached hydrogens (tertiary/aromatic N) is 1. The lowest BCUT2D eigenvalue weighted by Crippen LogP contribution is -2.42. The molecule has 1 aliphatic heterocycles. The van der Waals surface area contributed by atoms with Gasteiger partial charge < -0.3 is 0 Å². The van der Waals surface area contributed by atoms with Gasteiger partial charge >= 0.3 is 0 Å². The first kappa shape index (κ1) is 20.0. The molecule has 2 aromatic carbocycles. The Hall–Kier alpha value is -1.77. The molecule has 1 saturated heterocycles. The van der Waals surface area contributed by atoms with Crippen LogP contribution in [0.5, 0.6) is 0 Å². The minimum absolute atomic E-state index is 0.0692. The Bertz CT molecular complexity index is 1040. The molecule has 0 bridgehead atoms. The normalized spacial score (nSPS) is 17.1. The van der Waals surface area contributed by atoms with Crippen LogP contribution in [-0.2, 0) is 19.9 Å². The number of sulfonamides is 1. The molecule has 0 aromatic heterocycles. The van der Waals surface area contributed by atoms with E-state index in [4.69, 9.17) is 0 Å². The van der Waals surface area contributed by atoms with Crippen LogP contribution >= 0.6 is 0 Å². The Morgan fingerprint density at radius 2 is 1.52 bits per heavy atom. The van der Waals surface area contributed by atoms with E-state index >= 15 is 0 Å². The van der Waals surface area contributed by atoms with E-state index in [1.165, 1.54) is 16.4 Å². The van der Waals surface area contributed by atoms with Crippen LogP contribution in [0, 0.1) is 19.7 Å². The van der Waals surface area contributed by atoms with Crippen LogP contribution in [0.3, 0.4) is 0 Å². The number of hydrogen-bond donors (Lipinski definition) is 0. The summed E-state index contributed by atoms with van der Waals surface area (Å²) in [7, 11) is -7.28. The minimum atomic E-state index is -3.67. The SMILES string of the molecule is Cc1ccc(C)c(S(=O)(=O)N2CCC(S(=O)(=O)c3ccc(F)cc3)CC2)c1. The first-order valence-corrected chi connectivity index (χ1v) is 11.7. The standard InChI is InChI=1S/C19H22FNO4S2/c1-14-3-4-15(2)19(13-14)27(24,25)21-11-9-18(10-12-21)26(22,23)17-7-5-16(20)6-8-17/h3-8,13,18H,9-12H2,1-2H3. The topological polar surface area (TPSA) is 71.5 Å². The molecule has 0 N–H and O–H groups in total. The van der Waals surface area contributed by atoms with Crippen LogP contribution in [0.15, 0.2) is 52.3 Å². The summed E-state index contributed by atoms with van der Waals surface area (Å²) in [5.41, 5.74) is 1.52. The van der Waals surface area contributed by atoms with Crippen molar-refractivity contribution in [1.29, 1.82) is 0 Å². The van der Waals surface area contributed by atoms with Crippen molar-refractivity contribution in [1.82, 2.24) is 4.31 Å². The van der Waals surface area contributed by atoms with E-state index in [2.05, 4.69) is 0 Å². The molecule has 0 saturated carbocycles. The summed E-state index contributed by atoms with van der Waals surface area (Å²) >= 11 is 0. The first-order chi connectivity index (χ1) is 12.6. The van der Waals surface area contributed by atoms with Crippen LogP contribution < -0.4 is 0 Å². The third-order valence-electron chi connectivity index (χ3n) is 4.94. The maximum Gasteiger partial charge on any atom is 0.243 e. The lowest BCUT2D eigenvalue weighted by molar-refractivity contribution is 0.345. The van der Waals surface area contributed by atoms with Crippen molar-refractivity contribution in [2.45, 2.75) is 41.7 Å². The molecule has 0 atom stereocenters. The monoisotopic (exact) mass is 411 g/mol. The number of hydrogen-bond acceptors (Lipinski definition) is 4. The van der Waals surface area contributed by atoms with E-state index in [0.717, 1.165) is 17.7 Å². The van der Waals surface area contributed by atoms with E-state index in [1.807, 2.05) is 13.0 Å². The number of piperidine rings is 1. The Morgan fingerprint density at radius 1 is 0.926 bits per heavy atom. The maximum atomic E-state index is 13.1. The second-order valence-electron chi connectivity index (χ2n) is 6.87. The van der Waals surface area contributed by atoms with Gasteiger partial charge in [-0.25, -0.2) is 21.2 Å². The zero-order valence-electron chi connectivity index (χ0n) is 15.2. The highest BCUT2D eigenvalue weighted by atomic mass is 32.2. The molecule has 0 unspecified atom stereocenters. The molecule has 1 aliphatic rings. The van der Waals surface area contributed by atoms with Gasteiger partial charge in [0.05, 0.1) is 15.0 Å². The molecule has 1 heterocycles. The van der Waals surface area contributed by atoms with Crippen LogP contribution in [0.2, 0.25) is 0 Å². The molecule has 0 amide bonds. The van der Waals surface area contributed by atoms with E-state index in [0.29, 0.717) is 5.56 Å². The Balaban J connectivity index is 1.78. The summed E-state index contributed by atoms with van der Waals surface area (Å²) in [6.45, 7) is 3.86. The van der Waals surface area contributed by atoms with Gasteiger partial charge in [-0.05, 0) is 68.1 Å². The minimum Gasteiger partial charge on any atom is -0.223 e. The summed E-state index contributed by atoms with van der Waals surface area (Å²) in [5, 5.41) is -0.673. The molecule has 1 fully saturated rings. The zero-order chi connectivity index (χ0) is 19.8. The van der Waals surface area contributed by atoms with Gasteiger partial charge in [-0.15, -0.1) is 0 Å². The fraction of sp³-hybridized carbons (Fsp3) is 0.368. The number of halogens is 1. The fourth-order valence-corrected chi connectivity index (χ4v) is 6.84. The highest BCUT2D eigenvalue weighted by Gasteiger charge is 2.36. The molecular weight excluding hydrogens is 389 g/mol. The molecular formula is C19H22FNO4S2. The van der Waals surface area contributed by atoms with Gasteiger partial charge in [-0.3, -0.25) is 0 Å². The van der Waals surface area contributed by atoms with Gasteiger partial charge in [0.25, 0.3) is 0 Å². The predicted octanol–water partition coefficient (Wildman–Crippen LogP) is 3.07. The predicted molar refractivity (Wildman–Crippen MR) is 101 cm³/mol. The second-order valence-corrected chi connectivity index (χ2v) is 11.0. The summed E-state index contributed by atoms with van der Waals surface area (Å²) in [4.78, 5) is 0.335. The molecule has 3 rings (SSSR count). The maximum absolute atomic E-state index is 13.1. The van der Waals surface area contributed by atoms with Crippen molar-refractivity contribution in [3.63, 3.8) is 0 Å². The summed E-state index contributed by atoms with van der Waals surface area (Å²) < 4.78 is 65.8. The first-order valence-electron chi connectivity index (χ1n) is 8.69. The number of sulfone groups is 1. The smallest absolute Gasteiger partial charge is 0.223 e. The number of benzene rings is 2. The third kappa shape index (κ3) is 3.93. The number of aryl methyl sites for hydroxylation is 2. The van der Waals surface area contributed by atoms with Crippen LogP contribution in [0.4, 0.5) is 4.39 Å². The Kier molecular flexibility index (Phi) is 5.42. The lowest BCUT2D eigenvalue weighted by atomic mass is 10.2. The highest BCUT2D eigenvalue weighted by Crippen LogP contribution is 2.29. The van der Waals surface area contributed by atoms with Crippen molar-refractivity contribution < 1.29 is 21.2 Å². The van der Waals surface area contributed by atoms with Crippen molar-refractivity contribution in [2.24, 2.45) is 0 Å². The summed E-state index contributed by atoms with van der Waals surface area (Å²) in [6.07, 6.45) is 0.424. The highest BCUT2D eigenvalue weighted by molar-refractivity contribution is 7.92. The summed E-state index contributed by atoms with van der Waals surface area (Å²) in [5.74, 6) is -0.497. The average Bonchev–Trinajstić information content (AvgIpc) is 2.64. The van der Waals surface area contributed by atoms with Crippen LogP contribution in [-0.4, -0.2) is 39.5 Å². The van der Waals surface area contributed by atoms with Crippen molar-refractivity contribution in [2.75, 3.05) is 13.1 Å².